The molecule has 2 aliphatic rings. The van der Waals surface area contributed by atoms with Crippen LogP contribution in [0, 0.1) is 5.82 Å². The molecular weight excluding hydrogens is 305 g/mol. The van der Waals surface area contributed by atoms with Crippen LogP contribution in [-0.2, 0) is 4.79 Å². The van der Waals surface area contributed by atoms with Crippen LogP contribution in [0.1, 0.15) is 29.2 Å². The number of amides is 1. The molecular formula is C15H12FN3O4. The van der Waals surface area contributed by atoms with Gasteiger partial charge in [-0.1, -0.05) is 0 Å². The van der Waals surface area contributed by atoms with E-state index in [-0.39, 0.29) is 35.3 Å². The molecule has 7 nitrogen and oxygen atoms in total. The number of nitrogens with one attached hydrogen (secondary N) is 2. The predicted molar refractivity (Wildman–Crippen MR) is 80.5 cm³/mol. The first-order valence-electron chi connectivity index (χ1n) is 7.15. The van der Waals surface area contributed by atoms with E-state index in [0.29, 0.717) is 5.52 Å². The molecule has 1 aromatic carbocycles. The van der Waals surface area contributed by atoms with Gasteiger partial charge in [0.2, 0.25) is 11.3 Å². The lowest BCUT2D eigenvalue weighted by Crippen LogP contribution is -2.30. The Bertz CT molecular complexity index is 946. The van der Waals surface area contributed by atoms with Gasteiger partial charge in [-0.05, 0) is 18.9 Å². The van der Waals surface area contributed by atoms with E-state index >= 15 is 0 Å². The molecule has 4 rings (SSSR count). The quantitative estimate of drug-likeness (QED) is 0.780. The lowest BCUT2D eigenvalue weighted by molar-refractivity contribution is -0.114. The van der Waals surface area contributed by atoms with Gasteiger partial charge in [0.1, 0.15) is 11.4 Å². The number of hydrogen-bond acceptors (Lipinski definition) is 4. The van der Waals surface area contributed by atoms with Gasteiger partial charge < -0.3 is 20.3 Å². The Balaban J connectivity index is 2.16. The first kappa shape index (κ1) is 13.7. The number of hydrogen-bond donors (Lipinski definition) is 3. The van der Waals surface area contributed by atoms with E-state index in [1.54, 1.807) is 4.57 Å². The van der Waals surface area contributed by atoms with E-state index in [2.05, 4.69) is 10.6 Å². The van der Waals surface area contributed by atoms with Crippen LogP contribution in [0.2, 0.25) is 0 Å². The number of rotatable bonds is 2. The van der Waals surface area contributed by atoms with Crippen molar-refractivity contribution in [3.8, 4) is 0 Å². The number of pyridine rings is 1. The molecule has 0 saturated heterocycles. The normalized spacial score (nSPS) is 16.7. The highest BCUT2D eigenvalue weighted by Gasteiger charge is 2.31. The fourth-order valence-electron chi connectivity index (χ4n) is 2.93. The number of carbonyl (C=O) groups excluding carboxylic acids is 1. The zero-order valence-corrected chi connectivity index (χ0v) is 11.9. The number of benzene rings is 1. The second-order valence-corrected chi connectivity index (χ2v) is 5.72. The molecule has 0 unspecified atom stereocenters. The number of carbonyl (C=O) groups is 2. The fraction of sp³-hybridized carbons (Fsp3) is 0.267. The maximum Gasteiger partial charge on any atom is 0.341 e. The standard InChI is InChI=1S/C15H12FN3O4/c16-9-3-7-13(12-11(9)17-4-10(20)18-12)19(6-1-2-6)5-8(14(7)21)15(22)23/h3,5-6,17H,1-2,4H2,(H,18,20)(H,22,23). The molecule has 1 aromatic heterocycles. The summed E-state index contributed by atoms with van der Waals surface area (Å²) in [7, 11) is 0. The topological polar surface area (TPSA) is 100 Å². The van der Waals surface area contributed by atoms with Crippen LogP contribution in [-0.4, -0.2) is 28.1 Å². The summed E-state index contributed by atoms with van der Waals surface area (Å²) < 4.78 is 15.9. The highest BCUT2D eigenvalue weighted by atomic mass is 19.1. The van der Waals surface area contributed by atoms with E-state index in [9.17, 15) is 23.9 Å². The smallest absolute Gasteiger partial charge is 0.341 e. The largest absolute Gasteiger partial charge is 0.477 e. The van der Waals surface area contributed by atoms with Crippen molar-refractivity contribution < 1.29 is 19.1 Å². The highest BCUT2D eigenvalue weighted by molar-refractivity contribution is 6.10. The summed E-state index contributed by atoms with van der Waals surface area (Å²) in [5.74, 6) is -2.40. The Labute approximate surface area is 128 Å². The third-order valence-corrected chi connectivity index (χ3v) is 4.13. The maximum atomic E-state index is 14.3. The van der Waals surface area contributed by atoms with E-state index in [1.807, 2.05) is 0 Å². The summed E-state index contributed by atoms with van der Waals surface area (Å²) in [5.41, 5.74) is -0.490. The van der Waals surface area contributed by atoms with E-state index < -0.39 is 22.8 Å². The number of anilines is 2. The molecule has 2 aromatic rings. The van der Waals surface area contributed by atoms with Gasteiger partial charge in [0.25, 0.3) is 0 Å². The molecule has 0 bridgehead atoms. The fourth-order valence-corrected chi connectivity index (χ4v) is 2.93. The average Bonchev–Trinajstić information content (AvgIpc) is 3.32. The number of carboxylic acids is 1. The van der Waals surface area contributed by atoms with Crippen LogP contribution in [0.3, 0.4) is 0 Å². The van der Waals surface area contributed by atoms with Crippen molar-refractivity contribution in [2.24, 2.45) is 0 Å². The molecule has 1 fully saturated rings. The second-order valence-electron chi connectivity index (χ2n) is 5.72. The van der Waals surface area contributed by atoms with Gasteiger partial charge in [-0.15, -0.1) is 0 Å². The number of aromatic nitrogens is 1. The number of fused-ring (bicyclic) bond motifs is 3. The minimum Gasteiger partial charge on any atom is -0.477 e. The molecule has 3 N–H and O–H groups in total. The summed E-state index contributed by atoms with van der Waals surface area (Å²) in [4.78, 5) is 35.3. The zero-order chi connectivity index (χ0) is 16.3. The highest BCUT2D eigenvalue weighted by Crippen LogP contribution is 2.42. The summed E-state index contributed by atoms with van der Waals surface area (Å²) in [6.45, 7) is -0.0592. The number of aromatic carboxylic acids is 1. The van der Waals surface area contributed by atoms with Crippen molar-refractivity contribution in [1.29, 1.82) is 0 Å². The third kappa shape index (κ3) is 1.98. The van der Waals surface area contributed by atoms with E-state index in [0.717, 1.165) is 18.9 Å². The van der Waals surface area contributed by atoms with Gasteiger partial charge >= 0.3 is 5.97 Å². The van der Waals surface area contributed by atoms with Crippen molar-refractivity contribution in [2.75, 3.05) is 17.2 Å². The monoisotopic (exact) mass is 317 g/mol. The average molecular weight is 317 g/mol. The van der Waals surface area contributed by atoms with Gasteiger partial charge in [0.15, 0.2) is 0 Å². The Hall–Kier alpha value is -2.90. The van der Waals surface area contributed by atoms with Gasteiger partial charge in [-0.2, -0.15) is 0 Å². The van der Waals surface area contributed by atoms with Gasteiger partial charge in [0, 0.05) is 12.2 Å². The first-order chi connectivity index (χ1) is 11.0. The summed E-state index contributed by atoms with van der Waals surface area (Å²) >= 11 is 0. The van der Waals surface area contributed by atoms with Crippen LogP contribution < -0.4 is 16.1 Å². The minimum atomic E-state index is -1.36. The van der Waals surface area contributed by atoms with E-state index in [4.69, 9.17) is 0 Å². The Morgan fingerprint density at radius 3 is 2.70 bits per heavy atom. The van der Waals surface area contributed by atoms with E-state index in [1.165, 1.54) is 6.20 Å². The van der Waals surface area contributed by atoms with Crippen molar-refractivity contribution >= 4 is 34.2 Å². The van der Waals surface area contributed by atoms with Gasteiger partial charge in [-0.25, -0.2) is 9.18 Å². The van der Waals surface area contributed by atoms with Gasteiger partial charge in [-0.3, -0.25) is 9.59 Å². The van der Waals surface area contributed by atoms with Crippen LogP contribution in [0.15, 0.2) is 17.1 Å². The first-order valence-corrected chi connectivity index (χ1v) is 7.15. The van der Waals surface area contributed by atoms with Crippen LogP contribution in [0.25, 0.3) is 10.9 Å². The lowest BCUT2D eigenvalue weighted by atomic mass is 10.1. The molecule has 1 saturated carbocycles. The van der Waals surface area contributed by atoms with Crippen LogP contribution in [0.5, 0.6) is 0 Å². The molecule has 8 heteroatoms. The molecule has 0 atom stereocenters. The summed E-state index contributed by atoms with van der Waals surface area (Å²) in [5, 5.41) is 14.5. The van der Waals surface area contributed by atoms with Gasteiger partial charge in [0.05, 0.1) is 28.8 Å². The third-order valence-electron chi connectivity index (χ3n) is 4.13. The predicted octanol–water partition coefficient (Wildman–Crippen LogP) is 1.54. The van der Waals surface area contributed by atoms with Crippen LogP contribution in [0.4, 0.5) is 15.8 Å². The summed E-state index contributed by atoms with van der Waals surface area (Å²) in [6, 6.07) is 1.08. The maximum absolute atomic E-state index is 14.3. The zero-order valence-electron chi connectivity index (χ0n) is 11.9. The van der Waals surface area contributed by atoms with Crippen LogP contribution >= 0.6 is 0 Å². The molecule has 0 spiro atoms. The van der Waals surface area contributed by atoms with Crippen molar-refractivity contribution in [1.82, 2.24) is 4.57 Å². The second kappa shape index (κ2) is 4.55. The molecule has 2 heterocycles. The summed E-state index contributed by atoms with van der Waals surface area (Å²) in [6.07, 6.45) is 2.96. The molecule has 1 aliphatic carbocycles. The Morgan fingerprint density at radius 1 is 1.30 bits per heavy atom. The minimum absolute atomic E-state index is 0.0444. The molecule has 1 aliphatic heterocycles. The Kier molecular flexibility index (Phi) is 2.72. The van der Waals surface area contributed by atoms with Crippen molar-refractivity contribution in [2.45, 2.75) is 18.9 Å². The molecule has 23 heavy (non-hydrogen) atoms. The number of nitrogens with zero attached hydrogens (tertiary/aromatic N) is 1. The number of halogens is 1. The molecule has 118 valence electrons. The Morgan fingerprint density at radius 2 is 2.04 bits per heavy atom. The molecule has 0 radical (unpaired) electrons. The lowest BCUT2D eigenvalue weighted by Gasteiger charge is -2.23. The number of carboxylic acid groups (broad SMARTS) is 1. The van der Waals surface area contributed by atoms with Crippen molar-refractivity contribution in [3.63, 3.8) is 0 Å². The van der Waals surface area contributed by atoms with Crippen molar-refractivity contribution in [3.05, 3.63) is 33.9 Å². The molecule has 1 amide bonds. The SMILES string of the molecule is O=C1CNc2c(F)cc3c(=O)c(C(=O)O)cn(C4CC4)c3c2N1.